The minimum absolute atomic E-state index is 0.0174. The van der Waals surface area contributed by atoms with Gasteiger partial charge in [0, 0.05) is 12.5 Å². The topological polar surface area (TPSA) is 32.7 Å². The van der Waals surface area contributed by atoms with Crippen LogP contribution in [0.5, 0.6) is 0 Å². The number of hydrogen-bond acceptors (Lipinski definition) is 2. The van der Waals surface area contributed by atoms with E-state index in [9.17, 15) is 4.79 Å². The van der Waals surface area contributed by atoms with Gasteiger partial charge in [0.05, 0.1) is 12.1 Å². The molecule has 27 heavy (non-hydrogen) atoms. The average Bonchev–Trinajstić information content (AvgIpc) is 3.10. The van der Waals surface area contributed by atoms with Crippen molar-refractivity contribution in [3.05, 3.63) is 69.4 Å². The van der Waals surface area contributed by atoms with Crippen LogP contribution in [0.2, 0.25) is 0 Å². The van der Waals surface area contributed by atoms with Gasteiger partial charge in [-0.3, -0.25) is 14.7 Å². The fourth-order valence-corrected chi connectivity index (χ4v) is 4.92. The van der Waals surface area contributed by atoms with Gasteiger partial charge in [-0.15, -0.1) is 6.42 Å². The Bertz CT molecular complexity index is 903. The molecule has 0 radical (unpaired) electrons. The lowest BCUT2D eigenvalue weighted by atomic mass is 9.89. The Kier molecular flexibility index (Phi) is 6.57. The van der Waals surface area contributed by atoms with Gasteiger partial charge in [-0.05, 0) is 57.2 Å². The molecule has 0 saturated heterocycles. The van der Waals surface area contributed by atoms with Crippen LogP contribution in [-0.4, -0.2) is 32.7 Å². The van der Waals surface area contributed by atoms with E-state index < -0.39 is 0 Å². The van der Waals surface area contributed by atoms with Crippen LogP contribution in [0.4, 0.5) is 0 Å². The summed E-state index contributed by atoms with van der Waals surface area (Å²) in [6.07, 6.45) is 23.4. The molecule has 0 spiro atoms. The molecule has 138 valence electrons. The molecule has 4 heteroatoms. The average molecular weight is 470 g/mol. The van der Waals surface area contributed by atoms with E-state index in [1.807, 2.05) is 17.1 Å². The van der Waals surface area contributed by atoms with Crippen molar-refractivity contribution in [1.29, 1.82) is 0 Å². The molecule has 3 aliphatic rings. The van der Waals surface area contributed by atoms with Crippen molar-refractivity contribution in [2.45, 2.75) is 38.8 Å². The molecule has 0 unspecified atom stereocenters. The van der Waals surface area contributed by atoms with Gasteiger partial charge in [0.25, 0.3) is 0 Å². The summed E-state index contributed by atoms with van der Waals surface area (Å²) >= 11 is -0.0174. The second-order valence-electron chi connectivity index (χ2n) is 6.54. The number of rotatable bonds is 4. The van der Waals surface area contributed by atoms with Crippen molar-refractivity contribution in [3.8, 4) is 12.3 Å². The second-order valence-corrected chi connectivity index (χ2v) is 8.70. The Morgan fingerprint density at radius 3 is 2.89 bits per heavy atom. The number of terminal acetylenes is 1. The highest BCUT2D eigenvalue weighted by atomic mass is 127. The molecule has 2 aliphatic heterocycles. The summed E-state index contributed by atoms with van der Waals surface area (Å²) in [6.45, 7) is 3.69. The SMILES string of the molecule is C#C/C=C\C=C(/C)[C@@H]1N=C(C2=CC=IC=C2)N(C(C)=O)[C@H]1C1=CC=CCC1. The van der Waals surface area contributed by atoms with Crippen LogP contribution in [0, 0.1) is 12.3 Å². The molecule has 2 atom stereocenters. The minimum Gasteiger partial charge on any atom is -0.287 e. The lowest BCUT2D eigenvalue weighted by Crippen LogP contribution is -2.45. The number of carbonyl (C=O) groups is 1. The lowest BCUT2D eigenvalue weighted by Gasteiger charge is -2.31. The molecule has 0 saturated carbocycles. The highest BCUT2D eigenvalue weighted by Gasteiger charge is 2.41. The van der Waals surface area contributed by atoms with Crippen LogP contribution in [0.15, 0.2) is 74.4 Å². The summed E-state index contributed by atoms with van der Waals surface area (Å²) in [5.74, 6) is 3.31. The summed E-state index contributed by atoms with van der Waals surface area (Å²) in [5.41, 5.74) is 3.37. The summed E-state index contributed by atoms with van der Waals surface area (Å²) in [5, 5.41) is 0. The van der Waals surface area contributed by atoms with Gasteiger partial charge < -0.3 is 0 Å². The summed E-state index contributed by atoms with van der Waals surface area (Å²) in [6, 6.07) is -0.182. The van der Waals surface area contributed by atoms with Crippen molar-refractivity contribution in [2.24, 2.45) is 4.99 Å². The van der Waals surface area contributed by atoms with Crippen LogP contribution in [0.1, 0.15) is 26.7 Å². The number of amides is 1. The van der Waals surface area contributed by atoms with Crippen LogP contribution < -0.4 is 0 Å². The smallest absolute Gasteiger partial charge is 0.225 e. The molecule has 0 aromatic rings. The van der Waals surface area contributed by atoms with Gasteiger partial charge in [-0.2, -0.15) is 0 Å². The van der Waals surface area contributed by atoms with Gasteiger partial charge in [0.15, 0.2) is 0 Å². The van der Waals surface area contributed by atoms with E-state index >= 15 is 0 Å². The first-order chi connectivity index (χ1) is 13.1. The monoisotopic (exact) mass is 470 g/mol. The van der Waals surface area contributed by atoms with Gasteiger partial charge in [0.2, 0.25) is 5.91 Å². The summed E-state index contributed by atoms with van der Waals surface area (Å²) in [4.78, 5) is 19.6. The highest BCUT2D eigenvalue weighted by Crippen LogP contribution is 2.34. The van der Waals surface area contributed by atoms with Crippen LogP contribution >= 0.6 is 20.7 Å². The van der Waals surface area contributed by atoms with E-state index in [1.165, 1.54) is 5.57 Å². The Labute approximate surface area is 171 Å². The van der Waals surface area contributed by atoms with Crippen LogP contribution in [-0.2, 0) is 4.79 Å². The van der Waals surface area contributed by atoms with E-state index in [2.05, 4.69) is 51.3 Å². The number of halogens is 1. The first kappa shape index (κ1) is 19.5. The van der Waals surface area contributed by atoms with Crippen LogP contribution in [0.3, 0.4) is 0 Å². The van der Waals surface area contributed by atoms with E-state index in [0.717, 1.165) is 29.8 Å². The van der Waals surface area contributed by atoms with E-state index in [0.29, 0.717) is 0 Å². The van der Waals surface area contributed by atoms with Crippen LogP contribution in [0.25, 0.3) is 0 Å². The first-order valence-corrected chi connectivity index (χ1v) is 11.5. The quantitative estimate of drug-likeness (QED) is 0.335. The fourth-order valence-electron chi connectivity index (χ4n) is 3.49. The second kappa shape index (κ2) is 9.09. The number of allylic oxidation sites excluding steroid dienone is 7. The van der Waals surface area contributed by atoms with Crippen molar-refractivity contribution >= 4 is 36.5 Å². The Morgan fingerprint density at radius 1 is 1.41 bits per heavy atom. The number of carbonyl (C=O) groups excluding carboxylic acids is 1. The third-order valence-electron chi connectivity index (χ3n) is 4.74. The van der Waals surface area contributed by atoms with Gasteiger partial charge in [-0.25, -0.2) is 0 Å². The molecule has 1 amide bonds. The van der Waals surface area contributed by atoms with Gasteiger partial charge in [0.1, 0.15) is 5.84 Å². The normalized spacial score (nSPS) is 25.0. The molecule has 0 bridgehead atoms. The van der Waals surface area contributed by atoms with Gasteiger partial charge in [-0.1, -0.05) is 57.0 Å². The van der Waals surface area contributed by atoms with Crippen molar-refractivity contribution in [2.75, 3.05) is 0 Å². The minimum atomic E-state index is -0.102. The standard InChI is InChI=1S/C23H23IN2O/c1-4-5-7-10-17(2)21-22(19-11-8-6-9-12-19)26(18(3)27)23(25-21)20-13-15-24-16-14-20/h1,5-8,10-11,13-16,21-22H,9,12H2,2-3H3/b7-5-,17-10+/t21-,22-/m0/s1. The van der Waals surface area contributed by atoms with Crippen molar-refractivity contribution in [3.63, 3.8) is 0 Å². The maximum absolute atomic E-state index is 12.7. The predicted molar refractivity (Wildman–Crippen MR) is 123 cm³/mol. The molecule has 3 rings (SSSR count). The first-order valence-electron chi connectivity index (χ1n) is 8.98. The molecule has 0 aromatic carbocycles. The largest absolute Gasteiger partial charge is 0.287 e. The molecule has 0 N–H and O–H groups in total. The lowest BCUT2D eigenvalue weighted by molar-refractivity contribution is -0.125. The maximum Gasteiger partial charge on any atom is 0.225 e. The predicted octanol–water partition coefficient (Wildman–Crippen LogP) is 4.62. The molecule has 2 heterocycles. The number of aliphatic imine (C=N–C) groups is 1. The number of hydrogen-bond donors (Lipinski definition) is 0. The summed E-state index contributed by atoms with van der Waals surface area (Å²) < 4.78 is 4.41. The van der Waals surface area contributed by atoms with Crippen molar-refractivity contribution in [1.82, 2.24) is 4.90 Å². The van der Waals surface area contributed by atoms with E-state index in [4.69, 9.17) is 11.4 Å². The zero-order valence-electron chi connectivity index (χ0n) is 15.6. The number of nitrogens with zero attached hydrogens (tertiary/aromatic N) is 2. The third-order valence-corrected chi connectivity index (χ3v) is 6.29. The Balaban J connectivity index is 2.08. The van der Waals surface area contributed by atoms with Gasteiger partial charge >= 0.3 is 0 Å². The maximum atomic E-state index is 12.7. The number of amidine groups is 1. The molecule has 0 fully saturated rings. The molecule has 0 aromatic heterocycles. The van der Waals surface area contributed by atoms with E-state index in [1.54, 1.807) is 13.0 Å². The zero-order valence-corrected chi connectivity index (χ0v) is 17.8. The third kappa shape index (κ3) is 4.36. The molecule has 1 aliphatic carbocycles. The van der Waals surface area contributed by atoms with Crippen molar-refractivity contribution < 1.29 is 4.79 Å². The molecule has 3 nitrogen and oxygen atoms in total. The Morgan fingerprint density at radius 2 is 2.26 bits per heavy atom. The fraction of sp³-hybridized carbons (Fsp3) is 0.261. The summed E-state index contributed by atoms with van der Waals surface area (Å²) in [7, 11) is 0. The Hall–Kier alpha value is -2.26. The molecular weight excluding hydrogens is 447 g/mol. The zero-order chi connectivity index (χ0) is 19.2. The van der Waals surface area contributed by atoms with E-state index in [-0.39, 0.29) is 38.7 Å². The highest BCUT2D eigenvalue weighted by molar-refractivity contribution is 14.2. The molecular formula is C23H23IN2O.